The van der Waals surface area contributed by atoms with E-state index in [-0.39, 0.29) is 0 Å². The summed E-state index contributed by atoms with van der Waals surface area (Å²) in [6.45, 7) is 1.94. The third-order valence-electron chi connectivity index (χ3n) is 5.68. The predicted octanol–water partition coefficient (Wildman–Crippen LogP) is 4.80. The smallest absolute Gasteiger partial charge is 0.250 e. The average molecular weight is 389 g/mol. The first-order chi connectivity index (χ1) is 14.2. The first-order valence-corrected chi connectivity index (χ1v) is 10.4. The number of hydrogen-bond donors (Lipinski definition) is 2. The molecule has 0 bridgehead atoms. The molecule has 5 heteroatoms. The van der Waals surface area contributed by atoms with Crippen LogP contribution in [0.2, 0.25) is 0 Å². The average Bonchev–Trinajstić information content (AvgIpc) is 2.75. The van der Waals surface area contributed by atoms with Gasteiger partial charge in [0.05, 0.1) is 5.56 Å². The van der Waals surface area contributed by atoms with E-state index < -0.39 is 5.91 Å². The Morgan fingerprint density at radius 3 is 2.59 bits per heavy atom. The minimum Gasteiger partial charge on any atom is -0.438 e. The Bertz CT molecular complexity index is 979. The molecule has 1 aromatic heterocycles. The highest BCUT2D eigenvalue weighted by molar-refractivity contribution is 5.92. The van der Waals surface area contributed by atoms with Crippen LogP contribution in [-0.2, 0) is 6.54 Å². The number of benzene rings is 2. The van der Waals surface area contributed by atoms with Gasteiger partial charge in [-0.05, 0) is 48.4 Å². The summed E-state index contributed by atoms with van der Waals surface area (Å²) in [4.78, 5) is 15.4. The summed E-state index contributed by atoms with van der Waals surface area (Å²) < 4.78 is 6.00. The molecule has 1 aliphatic rings. The zero-order valence-corrected chi connectivity index (χ0v) is 16.6. The van der Waals surface area contributed by atoms with E-state index in [1.807, 2.05) is 12.1 Å². The van der Waals surface area contributed by atoms with Crippen molar-refractivity contribution < 1.29 is 9.53 Å². The van der Waals surface area contributed by atoms with E-state index in [9.17, 15) is 4.79 Å². The maximum Gasteiger partial charge on any atom is 0.250 e. The molecule has 0 aliphatic heterocycles. The van der Waals surface area contributed by atoms with Crippen LogP contribution in [0, 0.1) is 5.92 Å². The number of aromatic nitrogens is 1. The number of pyridine rings is 1. The van der Waals surface area contributed by atoms with Crippen molar-refractivity contribution in [1.29, 1.82) is 0 Å². The fourth-order valence-electron chi connectivity index (χ4n) is 4.09. The van der Waals surface area contributed by atoms with Gasteiger partial charge in [-0.2, -0.15) is 0 Å². The topological polar surface area (TPSA) is 77.2 Å². The minimum atomic E-state index is -0.500. The van der Waals surface area contributed by atoms with Gasteiger partial charge in [-0.3, -0.25) is 4.79 Å². The van der Waals surface area contributed by atoms with Crippen molar-refractivity contribution in [2.75, 3.05) is 6.54 Å². The number of rotatable bonds is 7. The SMILES string of the molecule is NC(=O)c1ccc(Oc2cccc3c(CNCC4CCCCC4)cccc23)nc1. The van der Waals surface area contributed by atoms with E-state index in [2.05, 4.69) is 34.6 Å². The van der Waals surface area contributed by atoms with E-state index in [1.165, 1.54) is 49.3 Å². The summed E-state index contributed by atoms with van der Waals surface area (Å²) in [5, 5.41) is 5.87. The highest BCUT2D eigenvalue weighted by Gasteiger charge is 2.13. The number of hydrogen-bond acceptors (Lipinski definition) is 4. The fourth-order valence-corrected chi connectivity index (χ4v) is 4.09. The van der Waals surface area contributed by atoms with Crippen LogP contribution in [0.3, 0.4) is 0 Å². The van der Waals surface area contributed by atoms with Gasteiger partial charge in [0, 0.05) is 24.2 Å². The molecule has 1 heterocycles. The van der Waals surface area contributed by atoms with Crippen molar-refractivity contribution in [1.82, 2.24) is 10.3 Å². The van der Waals surface area contributed by atoms with E-state index in [0.717, 1.165) is 30.1 Å². The van der Waals surface area contributed by atoms with Crippen molar-refractivity contribution in [3.05, 3.63) is 65.9 Å². The van der Waals surface area contributed by atoms with E-state index in [4.69, 9.17) is 10.5 Å². The summed E-state index contributed by atoms with van der Waals surface area (Å²) in [6.07, 6.45) is 8.27. The predicted molar refractivity (Wildman–Crippen MR) is 115 cm³/mol. The summed E-state index contributed by atoms with van der Waals surface area (Å²) >= 11 is 0. The second-order valence-electron chi connectivity index (χ2n) is 7.75. The number of carbonyl (C=O) groups is 1. The molecule has 1 fully saturated rings. The molecule has 1 amide bonds. The first kappa shape index (κ1) is 19.4. The Morgan fingerprint density at radius 1 is 1.03 bits per heavy atom. The molecule has 29 heavy (non-hydrogen) atoms. The Kier molecular flexibility index (Phi) is 6.06. The lowest BCUT2D eigenvalue weighted by molar-refractivity contribution is 0.1000. The van der Waals surface area contributed by atoms with Crippen LogP contribution in [0.1, 0.15) is 48.0 Å². The summed E-state index contributed by atoms with van der Waals surface area (Å²) in [7, 11) is 0. The van der Waals surface area contributed by atoms with Gasteiger partial charge in [0.2, 0.25) is 11.8 Å². The molecule has 1 saturated carbocycles. The fraction of sp³-hybridized carbons (Fsp3) is 0.333. The van der Waals surface area contributed by atoms with E-state index in [1.54, 1.807) is 12.1 Å². The molecule has 3 N–H and O–H groups in total. The number of primary amides is 1. The monoisotopic (exact) mass is 389 g/mol. The number of nitrogens with one attached hydrogen (secondary N) is 1. The highest BCUT2D eigenvalue weighted by Crippen LogP contribution is 2.31. The molecule has 1 aliphatic carbocycles. The van der Waals surface area contributed by atoms with Crippen LogP contribution in [0.5, 0.6) is 11.6 Å². The molecule has 0 atom stereocenters. The molecule has 150 valence electrons. The van der Waals surface area contributed by atoms with Gasteiger partial charge in [-0.25, -0.2) is 4.98 Å². The van der Waals surface area contributed by atoms with Gasteiger partial charge in [-0.1, -0.05) is 49.6 Å². The summed E-state index contributed by atoms with van der Waals surface area (Å²) in [5.74, 6) is 1.49. The number of carbonyl (C=O) groups excluding carboxylic acids is 1. The Morgan fingerprint density at radius 2 is 1.83 bits per heavy atom. The number of fused-ring (bicyclic) bond motifs is 1. The molecule has 0 spiro atoms. The Balaban J connectivity index is 1.49. The normalized spacial score (nSPS) is 14.8. The van der Waals surface area contributed by atoms with Crippen LogP contribution in [0.4, 0.5) is 0 Å². The quantitative estimate of drug-likeness (QED) is 0.609. The van der Waals surface area contributed by atoms with Crippen molar-refractivity contribution in [3.8, 4) is 11.6 Å². The van der Waals surface area contributed by atoms with Crippen LogP contribution < -0.4 is 15.8 Å². The number of nitrogens with two attached hydrogens (primary N) is 1. The second kappa shape index (κ2) is 9.05. The Labute approximate surface area is 171 Å². The molecule has 4 rings (SSSR count). The van der Waals surface area contributed by atoms with Crippen molar-refractivity contribution >= 4 is 16.7 Å². The van der Waals surface area contributed by atoms with Crippen molar-refractivity contribution in [2.24, 2.45) is 11.7 Å². The number of nitrogens with zero attached hydrogens (tertiary/aromatic N) is 1. The van der Waals surface area contributed by atoms with Crippen molar-refractivity contribution in [2.45, 2.75) is 38.6 Å². The van der Waals surface area contributed by atoms with E-state index in [0.29, 0.717) is 11.4 Å². The molecular formula is C24H27N3O2. The summed E-state index contributed by atoms with van der Waals surface area (Å²) in [5.41, 5.74) is 6.90. The third-order valence-corrected chi connectivity index (χ3v) is 5.68. The molecular weight excluding hydrogens is 362 g/mol. The van der Waals surface area contributed by atoms with Gasteiger partial charge in [0.15, 0.2) is 0 Å². The molecule has 0 unspecified atom stereocenters. The molecule has 3 aromatic rings. The molecule has 2 aromatic carbocycles. The minimum absolute atomic E-state index is 0.363. The van der Waals surface area contributed by atoms with Gasteiger partial charge in [-0.15, -0.1) is 0 Å². The van der Waals surface area contributed by atoms with Crippen LogP contribution >= 0.6 is 0 Å². The summed E-state index contributed by atoms with van der Waals surface area (Å²) in [6, 6.07) is 15.6. The lowest BCUT2D eigenvalue weighted by Gasteiger charge is -2.22. The lowest BCUT2D eigenvalue weighted by Crippen LogP contribution is -2.24. The second-order valence-corrected chi connectivity index (χ2v) is 7.75. The standard InChI is InChI=1S/C24H27N3O2/c25-24(28)19-12-13-23(27-16-19)29-22-11-5-9-20-18(8-4-10-21(20)22)15-26-14-17-6-2-1-3-7-17/h4-5,8-13,16-17,26H,1-3,6-7,14-15H2,(H2,25,28). The van der Waals surface area contributed by atoms with E-state index >= 15 is 0 Å². The number of ether oxygens (including phenoxy) is 1. The molecule has 5 nitrogen and oxygen atoms in total. The molecule has 0 radical (unpaired) electrons. The maximum absolute atomic E-state index is 11.2. The molecule has 0 saturated heterocycles. The maximum atomic E-state index is 11.2. The van der Waals surface area contributed by atoms with Crippen LogP contribution in [-0.4, -0.2) is 17.4 Å². The Hall–Kier alpha value is -2.92. The van der Waals surface area contributed by atoms with Gasteiger partial charge in [0.1, 0.15) is 5.75 Å². The first-order valence-electron chi connectivity index (χ1n) is 10.4. The third kappa shape index (κ3) is 4.74. The van der Waals surface area contributed by atoms with Crippen molar-refractivity contribution in [3.63, 3.8) is 0 Å². The van der Waals surface area contributed by atoms with Crippen LogP contribution in [0.15, 0.2) is 54.7 Å². The largest absolute Gasteiger partial charge is 0.438 e. The zero-order chi connectivity index (χ0) is 20.1. The number of amides is 1. The van der Waals surface area contributed by atoms with Crippen LogP contribution in [0.25, 0.3) is 10.8 Å². The van der Waals surface area contributed by atoms with Gasteiger partial charge < -0.3 is 15.8 Å². The zero-order valence-electron chi connectivity index (χ0n) is 16.6. The van der Waals surface area contributed by atoms with Gasteiger partial charge >= 0.3 is 0 Å². The van der Waals surface area contributed by atoms with Gasteiger partial charge in [0.25, 0.3) is 0 Å². The lowest BCUT2D eigenvalue weighted by atomic mass is 9.89. The highest BCUT2D eigenvalue weighted by atomic mass is 16.5.